The molecule has 2 atom stereocenters. The Morgan fingerprint density at radius 3 is 2.78 bits per heavy atom. The number of rotatable bonds is 4. The van der Waals surface area contributed by atoms with Gasteiger partial charge in [-0.2, -0.15) is 0 Å². The van der Waals surface area contributed by atoms with Crippen LogP contribution in [0.3, 0.4) is 0 Å². The molecular weight excluding hydrogens is 316 g/mol. The summed E-state index contributed by atoms with van der Waals surface area (Å²) >= 11 is 0. The van der Waals surface area contributed by atoms with Crippen molar-refractivity contribution in [3.8, 4) is 0 Å². The summed E-state index contributed by atoms with van der Waals surface area (Å²) in [5.74, 6) is 0.0509. The Kier molecular flexibility index (Phi) is 5.68. The number of benzene rings is 1. The van der Waals surface area contributed by atoms with Gasteiger partial charge in [-0.3, -0.25) is 4.79 Å². The van der Waals surface area contributed by atoms with E-state index in [0.717, 1.165) is 23.1 Å². The second-order valence-electron chi connectivity index (χ2n) is 6.16. The van der Waals surface area contributed by atoms with Crippen molar-refractivity contribution in [1.29, 1.82) is 0 Å². The fourth-order valence-corrected chi connectivity index (χ4v) is 2.88. The standard InChI is InChI=1S/C17H22N2O3.ClH/c1-10-3-14-12(9-22-16(14)4-11(10)2)5-17(21)19-7-13-6-18-8-15(13)20;/h3-4,9,13,15,18,20H,5-8H2,1-2H3,(H,19,21);1H. The van der Waals surface area contributed by atoms with Gasteiger partial charge in [-0.25, -0.2) is 0 Å². The molecule has 2 heterocycles. The van der Waals surface area contributed by atoms with Crippen LogP contribution in [0.4, 0.5) is 0 Å². The second kappa shape index (κ2) is 7.34. The lowest BCUT2D eigenvalue weighted by Crippen LogP contribution is -2.35. The van der Waals surface area contributed by atoms with Crippen LogP contribution in [0.25, 0.3) is 11.0 Å². The van der Waals surface area contributed by atoms with Gasteiger partial charge in [-0.15, -0.1) is 12.4 Å². The van der Waals surface area contributed by atoms with Crippen molar-refractivity contribution in [3.63, 3.8) is 0 Å². The summed E-state index contributed by atoms with van der Waals surface area (Å²) < 4.78 is 5.55. The second-order valence-corrected chi connectivity index (χ2v) is 6.16. The zero-order valence-corrected chi connectivity index (χ0v) is 14.2. The smallest absolute Gasteiger partial charge is 0.224 e. The number of aliphatic hydroxyl groups excluding tert-OH is 1. The van der Waals surface area contributed by atoms with Crippen molar-refractivity contribution in [2.45, 2.75) is 26.4 Å². The van der Waals surface area contributed by atoms with Gasteiger partial charge in [0.15, 0.2) is 0 Å². The highest BCUT2D eigenvalue weighted by molar-refractivity contribution is 5.88. The molecule has 2 unspecified atom stereocenters. The van der Waals surface area contributed by atoms with Crippen LogP contribution in [0.15, 0.2) is 22.8 Å². The van der Waals surface area contributed by atoms with Crippen LogP contribution in [-0.2, 0) is 11.2 Å². The summed E-state index contributed by atoms with van der Waals surface area (Å²) in [6, 6.07) is 4.08. The monoisotopic (exact) mass is 338 g/mol. The molecule has 0 bridgehead atoms. The summed E-state index contributed by atoms with van der Waals surface area (Å²) in [4.78, 5) is 12.1. The van der Waals surface area contributed by atoms with Gasteiger partial charge in [0, 0.05) is 36.5 Å². The summed E-state index contributed by atoms with van der Waals surface area (Å²) in [5, 5.41) is 16.7. The van der Waals surface area contributed by atoms with E-state index in [-0.39, 0.29) is 30.3 Å². The molecule has 2 aromatic rings. The van der Waals surface area contributed by atoms with Gasteiger partial charge in [0.05, 0.1) is 18.8 Å². The third-order valence-corrected chi connectivity index (χ3v) is 4.49. The van der Waals surface area contributed by atoms with Gasteiger partial charge in [0.25, 0.3) is 0 Å². The van der Waals surface area contributed by atoms with Crippen molar-refractivity contribution in [3.05, 3.63) is 35.1 Å². The zero-order valence-electron chi connectivity index (χ0n) is 13.4. The molecular formula is C17H23ClN2O3. The topological polar surface area (TPSA) is 74.5 Å². The minimum atomic E-state index is -0.374. The predicted octanol–water partition coefficient (Wildman–Crippen LogP) is 1.71. The average Bonchev–Trinajstić information content (AvgIpc) is 3.05. The Hall–Kier alpha value is -1.56. The number of aryl methyl sites for hydroxylation is 2. The third kappa shape index (κ3) is 3.86. The summed E-state index contributed by atoms with van der Waals surface area (Å²) in [6.07, 6.45) is 1.58. The number of hydrogen-bond acceptors (Lipinski definition) is 4. The first-order valence-corrected chi connectivity index (χ1v) is 7.67. The first-order chi connectivity index (χ1) is 10.5. The molecule has 6 heteroatoms. The zero-order chi connectivity index (χ0) is 15.7. The number of β-amino-alcohol motifs (C(OH)–C–C–N with tert-alkyl or cyclic N) is 1. The first-order valence-electron chi connectivity index (χ1n) is 7.67. The molecule has 1 amide bonds. The summed E-state index contributed by atoms with van der Waals surface area (Å²) in [7, 11) is 0. The van der Waals surface area contributed by atoms with Gasteiger partial charge in [0.2, 0.25) is 5.91 Å². The highest BCUT2D eigenvalue weighted by Crippen LogP contribution is 2.25. The molecule has 1 aliphatic heterocycles. The molecule has 0 spiro atoms. The van der Waals surface area contributed by atoms with E-state index < -0.39 is 0 Å². The van der Waals surface area contributed by atoms with Gasteiger partial charge in [0.1, 0.15) is 5.58 Å². The summed E-state index contributed by atoms with van der Waals surface area (Å²) in [6.45, 7) is 5.95. The minimum Gasteiger partial charge on any atom is -0.464 e. The maximum Gasteiger partial charge on any atom is 0.224 e. The maximum atomic E-state index is 12.1. The van der Waals surface area contributed by atoms with Crippen LogP contribution in [0.5, 0.6) is 0 Å². The number of carbonyl (C=O) groups is 1. The molecule has 126 valence electrons. The number of furan rings is 1. The molecule has 1 aromatic carbocycles. The van der Waals surface area contributed by atoms with E-state index in [1.807, 2.05) is 13.0 Å². The number of halogens is 1. The molecule has 1 aromatic heterocycles. The SMILES string of the molecule is Cc1cc2occ(CC(=O)NCC3CNCC3O)c2cc1C.Cl. The fourth-order valence-electron chi connectivity index (χ4n) is 2.88. The first kappa shape index (κ1) is 17.8. The Bertz CT molecular complexity index is 698. The molecule has 3 N–H and O–H groups in total. The van der Waals surface area contributed by atoms with Crippen LogP contribution in [0, 0.1) is 19.8 Å². The van der Waals surface area contributed by atoms with Crippen LogP contribution in [0.1, 0.15) is 16.7 Å². The molecule has 1 aliphatic rings. The Labute approximate surface area is 141 Å². The molecule has 5 nitrogen and oxygen atoms in total. The fraction of sp³-hybridized carbons (Fsp3) is 0.471. The van der Waals surface area contributed by atoms with E-state index in [4.69, 9.17) is 4.42 Å². The molecule has 0 saturated carbocycles. The van der Waals surface area contributed by atoms with Gasteiger partial charge in [-0.05, 0) is 37.1 Å². The van der Waals surface area contributed by atoms with Crippen LogP contribution in [0.2, 0.25) is 0 Å². The van der Waals surface area contributed by atoms with Gasteiger partial charge < -0.3 is 20.2 Å². The van der Waals surface area contributed by atoms with Crippen molar-refractivity contribution in [2.24, 2.45) is 5.92 Å². The number of carbonyl (C=O) groups excluding carboxylic acids is 1. The number of hydrogen-bond donors (Lipinski definition) is 3. The van der Waals surface area contributed by atoms with Crippen LogP contribution in [-0.4, -0.2) is 36.8 Å². The Balaban J connectivity index is 0.00000192. The molecule has 1 saturated heterocycles. The Morgan fingerprint density at radius 2 is 2.09 bits per heavy atom. The number of fused-ring (bicyclic) bond motifs is 1. The lowest BCUT2D eigenvalue weighted by atomic mass is 10.0. The van der Waals surface area contributed by atoms with Crippen molar-refractivity contribution < 1.29 is 14.3 Å². The van der Waals surface area contributed by atoms with Crippen molar-refractivity contribution in [1.82, 2.24) is 10.6 Å². The highest BCUT2D eigenvalue weighted by atomic mass is 35.5. The lowest BCUT2D eigenvalue weighted by Gasteiger charge is -2.13. The van der Waals surface area contributed by atoms with E-state index in [2.05, 4.69) is 23.6 Å². The van der Waals surface area contributed by atoms with E-state index in [0.29, 0.717) is 19.5 Å². The Morgan fingerprint density at radius 1 is 1.35 bits per heavy atom. The van der Waals surface area contributed by atoms with Crippen molar-refractivity contribution in [2.75, 3.05) is 19.6 Å². The molecule has 0 aliphatic carbocycles. The van der Waals surface area contributed by atoms with E-state index >= 15 is 0 Å². The van der Waals surface area contributed by atoms with Gasteiger partial charge in [-0.1, -0.05) is 0 Å². The quantitative estimate of drug-likeness (QED) is 0.793. The lowest BCUT2D eigenvalue weighted by molar-refractivity contribution is -0.120. The van der Waals surface area contributed by atoms with E-state index in [1.165, 1.54) is 11.1 Å². The molecule has 3 rings (SSSR count). The minimum absolute atomic E-state index is 0. The highest BCUT2D eigenvalue weighted by Gasteiger charge is 2.25. The largest absolute Gasteiger partial charge is 0.464 e. The molecule has 23 heavy (non-hydrogen) atoms. The average molecular weight is 339 g/mol. The number of aliphatic hydroxyl groups is 1. The molecule has 1 fully saturated rings. The summed E-state index contributed by atoms with van der Waals surface area (Å²) in [5.41, 5.74) is 4.10. The maximum absolute atomic E-state index is 12.1. The van der Waals surface area contributed by atoms with Crippen LogP contribution < -0.4 is 10.6 Å². The normalized spacial score (nSPS) is 20.5. The van der Waals surface area contributed by atoms with E-state index in [1.54, 1.807) is 6.26 Å². The molecule has 0 radical (unpaired) electrons. The van der Waals surface area contributed by atoms with Gasteiger partial charge >= 0.3 is 0 Å². The number of amides is 1. The number of nitrogens with one attached hydrogen (secondary N) is 2. The third-order valence-electron chi connectivity index (χ3n) is 4.49. The van der Waals surface area contributed by atoms with E-state index in [9.17, 15) is 9.90 Å². The predicted molar refractivity (Wildman–Crippen MR) is 92.0 cm³/mol. The van der Waals surface area contributed by atoms with Crippen molar-refractivity contribution >= 4 is 29.3 Å². The van der Waals surface area contributed by atoms with Crippen LogP contribution >= 0.6 is 12.4 Å².